The summed E-state index contributed by atoms with van der Waals surface area (Å²) in [6.07, 6.45) is 1.21. The van der Waals surface area contributed by atoms with Crippen molar-refractivity contribution in [1.82, 2.24) is 10.7 Å². The number of phenolic OH excluding ortho intramolecular Hbond substituents is 2. The fourth-order valence-electron chi connectivity index (χ4n) is 3.39. The normalized spacial score (nSPS) is 11.5. The minimum absolute atomic E-state index is 0.0161. The van der Waals surface area contributed by atoms with Crippen molar-refractivity contribution in [1.29, 1.82) is 0 Å². The number of carbonyl (C=O) groups is 2. The fraction of sp³-hybridized carbons (Fsp3) is 0.160. The minimum atomic E-state index is -1.27. The quantitative estimate of drug-likeness (QED) is 0.161. The maximum Gasteiger partial charge on any atom is 0.277 e. The molecular formula is C25H23N5O9. The molecule has 14 nitrogen and oxygen atoms in total. The molecule has 3 rings (SSSR count). The standard InChI is InChI=1S/C25H23N5O9/c1-2-39-23-10-16(5-8-22(23)32)14-26-28-25(34)21(9-15-3-6-20(31)7-4-15)27-24(33)17-11-18(29(35)36)13-19(12-17)30(37)38/h3-8,10-14,21,31-32H,2,9H2,1H3,(H,27,33)(H,28,34)/b26-14+. The highest BCUT2D eigenvalue weighted by Gasteiger charge is 2.25. The number of rotatable bonds is 11. The summed E-state index contributed by atoms with van der Waals surface area (Å²) < 4.78 is 5.30. The molecule has 0 saturated carbocycles. The van der Waals surface area contributed by atoms with E-state index in [9.17, 15) is 40.0 Å². The summed E-state index contributed by atoms with van der Waals surface area (Å²) >= 11 is 0. The van der Waals surface area contributed by atoms with Gasteiger partial charge in [-0.05, 0) is 48.4 Å². The number of ether oxygens (including phenoxy) is 1. The summed E-state index contributed by atoms with van der Waals surface area (Å²) in [5.41, 5.74) is 1.59. The zero-order valence-electron chi connectivity index (χ0n) is 20.4. The van der Waals surface area contributed by atoms with Crippen LogP contribution in [0.4, 0.5) is 11.4 Å². The molecule has 0 fully saturated rings. The summed E-state index contributed by atoms with van der Waals surface area (Å²) in [7, 11) is 0. The molecule has 0 aliphatic heterocycles. The second-order valence-electron chi connectivity index (χ2n) is 8.04. The van der Waals surface area contributed by atoms with E-state index in [-0.39, 0.29) is 23.7 Å². The van der Waals surface area contributed by atoms with E-state index in [4.69, 9.17) is 4.74 Å². The van der Waals surface area contributed by atoms with E-state index < -0.39 is 44.6 Å². The number of nitro benzene ring substituents is 2. The van der Waals surface area contributed by atoms with Gasteiger partial charge in [-0.2, -0.15) is 5.10 Å². The number of carbonyl (C=O) groups excluding carboxylic acids is 2. The Kier molecular flexibility index (Phi) is 9.08. The number of benzene rings is 3. The van der Waals surface area contributed by atoms with Gasteiger partial charge < -0.3 is 20.3 Å². The second kappa shape index (κ2) is 12.6. The number of phenols is 2. The topological polar surface area (TPSA) is 207 Å². The number of hydrazone groups is 1. The molecule has 14 heteroatoms. The Hall–Kier alpha value is -5.53. The van der Waals surface area contributed by atoms with Crippen molar-refractivity contribution in [3.8, 4) is 17.2 Å². The van der Waals surface area contributed by atoms with Crippen LogP contribution >= 0.6 is 0 Å². The highest BCUT2D eigenvalue weighted by atomic mass is 16.6. The average Bonchev–Trinajstić information content (AvgIpc) is 2.91. The molecule has 0 saturated heterocycles. The summed E-state index contributed by atoms with van der Waals surface area (Å²) in [6.45, 7) is 2.06. The van der Waals surface area contributed by atoms with Crippen LogP contribution in [0.5, 0.6) is 17.2 Å². The number of hydrogen-bond acceptors (Lipinski definition) is 10. The van der Waals surface area contributed by atoms with E-state index in [1.165, 1.54) is 48.7 Å². The molecule has 202 valence electrons. The first-order valence-corrected chi connectivity index (χ1v) is 11.4. The van der Waals surface area contributed by atoms with Gasteiger partial charge in [0.25, 0.3) is 23.2 Å². The van der Waals surface area contributed by atoms with Crippen LogP contribution in [0.1, 0.15) is 28.4 Å². The van der Waals surface area contributed by atoms with Crippen molar-refractivity contribution < 1.29 is 34.4 Å². The van der Waals surface area contributed by atoms with Crippen LogP contribution in [0, 0.1) is 20.2 Å². The third kappa shape index (κ3) is 7.72. The lowest BCUT2D eigenvalue weighted by Gasteiger charge is -2.17. The Morgan fingerprint density at radius 1 is 1.00 bits per heavy atom. The van der Waals surface area contributed by atoms with Gasteiger partial charge in [0, 0.05) is 18.6 Å². The van der Waals surface area contributed by atoms with Gasteiger partial charge in [0.15, 0.2) is 11.5 Å². The summed E-state index contributed by atoms with van der Waals surface area (Å²) in [6, 6.07) is 11.4. The first-order chi connectivity index (χ1) is 18.6. The first-order valence-electron chi connectivity index (χ1n) is 11.4. The molecule has 3 aromatic rings. The molecule has 1 atom stereocenters. The Morgan fingerprint density at radius 2 is 1.64 bits per heavy atom. The summed E-state index contributed by atoms with van der Waals surface area (Å²) in [4.78, 5) is 46.5. The second-order valence-corrected chi connectivity index (χ2v) is 8.04. The molecular weight excluding hydrogens is 514 g/mol. The molecule has 0 spiro atoms. The van der Waals surface area contributed by atoms with E-state index in [1.807, 2.05) is 0 Å². The van der Waals surface area contributed by atoms with Crippen LogP contribution in [-0.2, 0) is 11.2 Å². The molecule has 0 bridgehead atoms. The number of nitro groups is 2. The van der Waals surface area contributed by atoms with Crippen LogP contribution in [0.3, 0.4) is 0 Å². The molecule has 0 radical (unpaired) electrons. The number of amides is 2. The van der Waals surface area contributed by atoms with Crippen LogP contribution in [0.25, 0.3) is 0 Å². The number of non-ortho nitro benzene ring substituents is 2. The van der Waals surface area contributed by atoms with Crippen LogP contribution in [0.2, 0.25) is 0 Å². The summed E-state index contributed by atoms with van der Waals surface area (Å²) in [5.74, 6) is -1.61. The third-order valence-electron chi connectivity index (χ3n) is 5.26. The van der Waals surface area contributed by atoms with Crippen LogP contribution in [0.15, 0.2) is 65.8 Å². The minimum Gasteiger partial charge on any atom is -0.508 e. The predicted molar refractivity (Wildman–Crippen MR) is 138 cm³/mol. The lowest BCUT2D eigenvalue weighted by atomic mass is 10.0. The van der Waals surface area contributed by atoms with Crippen molar-refractivity contribution in [2.24, 2.45) is 5.10 Å². The molecule has 3 aromatic carbocycles. The monoisotopic (exact) mass is 537 g/mol. The van der Waals surface area contributed by atoms with E-state index in [0.29, 0.717) is 23.8 Å². The van der Waals surface area contributed by atoms with Gasteiger partial charge in [-0.3, -0.25) is 29.8 Å². The largest absolute Gasteiger partial charge is 0.508 e. The van der Waals surface area contributed by atoms with Crippen molar-refractivity contribution in [2.45, 2.75) is 19.4 Å². The molecule has 2 amide bonds. The number of hydrogen-bond donors (Lipinski definition) is 4. The first kappa shape index (κ1) is 28.0. The molecule has 0 aliphatic carbocycles. The number of nitrogens with one attached hydrogen (secondary N) is 2. The van der Waals surface area contributed by atoms with Gasteiger partial charge in [-0.25, -0.2) is 5.43 Å². The molecule has 4 N–H and O–H groups in total. The molecule has 39 heavy (non-hydrogen) atoms. The average molecular weight is 537 g/mol. The fourth-order valence-corrected chi connectivity index (χ4v) is 3.39. The van der Waals surface area contributed by atoms with Crippen molar-refractivity contribution >= 4 is 29.4 Å². The molecule has 0 heterocycles. The maximum atomic E-state index is 13.0. The van der Waals surface area contributed by atoms with Crippen LogP contribution < -0.4 is 15.5 Å². The Bertz CT molecular complexity index is 1390. The van der Waals surface area contributed by atoms with E-state index >= 15 is 0 Å². The highest BCUT2D eigenvalue weighted by molar-refractivity contribution is 5.98. The molecule has 0 aliphatic rings. The Balaban J connectivity index is 1.83. The van der Waals surface area contributed by atoms with Crippen LogP contribution in [-0.4, -0.2) is 50.7 Å². The Labute approximate surface area is 220 Å². The lowest BCUT2D eigenvalue weighted by Crippen LogP contribution is -2.46. The van der Waals surface area contributed by atoms with Gasteiger partial charge in [-0.15, -0.1) is 0 Å². The van der Waals surface area contributed by atoms with E-state index in [0.717, 1.165) is 12.1 Å². The predicted octanol–water partition coefficient (Wildman–Crippen LogP) is 2.80. The highest BCUT2D eigenvalue weighted by Crippen LogP contribution is 2.26. The SMILES string of the molecule is CCOc1cc(/C=N/NC(=O)C(Cc2ccc(O)cc2)NC(=O)c2cc([N+](=O)[O-])cc([N+](=O)[O-])c2)ccc1O. The van der Waals surface area contributed by atoms with Gasteiger partial charge in [0.05, 0.1) is 34.3 Å². The van der Waals surface area contributed by atoms with Crippen molar-refractivity contribution in [2.75, 3.05) is 6.61 Å². The zero-order valence-corrected chi connectivity index (χ0v) is 20.4. The van der Waals surface area contributed by atoms with Crippen molar-refractivity contribution in [3.63, 3.8) is 0 Å². The smallest absolute Gasteiger partial charge is 0.277 e. The third-order valence-corrected chi connectivity index (χ3v) is 5.26. The summed E-state index contributed by atoms with van der Waals surface area (Å²) in [5, 5.41) is 48.0. The van der Waals surface area contributed by atoms with Gasteiger partial charge >= 0.3 is 0 Å². The van der Waals surface area contributed by atoms with Gasteiger partial charge in [0.2, 0.25) is 0 Å². The van der Waals surface area contributed by atoms with Gasteiger partial charge in [0.1, 0.15) is 11.8 Å². The number of aromatic hydroxyl groups is 2. The number of nitrogens with zero attached hydrogens (tertiary/aromatic N) is 3. The Morgan fingerprint density at radius 3 is 2.23 bits per heavy atom. The van der Waals surface area contributed by atoms with E-state index in [2.05, 4.69) is 15.8 Å². The van der Waals surface area contributed by atoms with Gasteiger partial charge in [-0.1, -0.05) is 12.1 Å². The maximum absolute atomic E-state index is 13.0. The zero-order chi connectivity index (χ0) is 28.5. The van der Waals surface area contributed by atoms with Crippen molar-refractivity contribution in [3.05, 3.63) is 97.6 Å². The van der Waals surface area contributed by atoms with E-state index in [1.54, 1.807) is 6.92 Å². The molecule has 0 aromatic heterocycles. The lowest BCUT2D eigenvalue weighted by molar-refractivity contribution is -0.394. The molecule has 1 unspecified atom stereocenters.